The van der Waals surface area contributed by atoms with Crippen molar-refractivity contribution in [3.63, 3.8) is 0 Å². The van der Waals surface area contributed by atoms with Gasteiger partial charge < -0.3 is 39.1 Å². The van der Waals surface area contributed by atoms with Crippen LogP contribution >= 0.6 is 7.60 Å². The number of carbonyl (C=O) groups excluding carboxylic acids is 4. The number of fused-ring (bicyclic) bond motifs is 3. The van der Waals surface area contributed by atoms with Gasteiger partial charge in [0.25, 0.3) is 11.8 Å². The van der Waals surface area contributed by atoms with E-state index in [1.807, 2.05) is 0 Å². The zero-order chi connectivity index (χ0) is 35.2. The molecule has 1 aliphatic carbocycles. The summed E-state index contributed by atoms with van der Waals surface area (Å²) in [6.07, 6.45) is 4.66. The number of hydrogen-bond acceptors (Lipinski definition) is 8. The van der Waals surface area contributed by atoms with Gasteiger partial charge in [0.15, 0.2) is 5.69 Å². The van der Waals surface area contributed by atoms with Crippen LogP contribution in [0.1, 0.15) is 75.8 Å². The number of nitrogens with zero attached hydrogens (tertiary/aromatic N) is 4. The van der Waals surface area contributed by atoms with Gasteiger partial charge in [-0.05, 0) is 73.1 Å². The maximum atomic E-state index is 14.5. The van der Waals surface area contributed by atoms with Crippen LogP contribution in [0.2, 0.25) is 0 Å². The van der Waals surface area contributed by atoms with Crippen molar-refractivity contribution in [2.45, 2.75) is 69.0 Å². The summed E-state index contributed by atoms with van der Waals surface area (Å²) in [7, 11) is -5.06. The van der Waals surface area contributed by atoms with Gasteiger partial charge in [0.1, 0.15) is 17.8 Å². The predicted molar refractivity (Wildman–Crippen MR) is 176 cm³/mol. The Kier molecular flexibility index (Phi) is 9.50. The van der Waals surface area contributed by atoms with Crippen LogP contribution in [0.25, 0.3) is 10.8 Å². The van der Waals surface area contributed by atoms with Crippen molar-refractivity contribution in [3.05, 3.63) is 64.5 Å². The largest absolute Gasteiger partial charge is 0.378 e. The SMILES string of the molecule is O=C(N[C@H]1CN(C(=O)c2noc3c2CCCC3)CC[C@H]2CC[C@@H](C(=O)N3CCOCC3)N2C1=O)c1ccc2ccc(C(F)P(=O)(O)O)cc2c1. The molecule has 4 heterocycles. The number of halogens is 1. The number of aryl methyl sites for hydroxylation is 1. The van der Waals surface area contributed by atoms with Crippen molar-refractivity contribution in [2.24, 2.45) is 0 Å². The quantitative estimate of drug-likeness (QED) is 0.322. The van der Waals surface area contributed by atoms with Crippen LogP contribution < -0.4 is 5.32 Å². The fourth-order valence-electron chi connectivity index (χ4n) is 7.60. The van der Waals surface area contributed by atoms with E-state index in [0.717, 1.165) is 18.4 Å². The fraction of sp³-hybridized carbons (Fsp3) is 0.500. The number of alkyl halides is 1. The molecule has 14 nitrogen and oxygen atoms in total. The third kappa shape index (κ3) is 6.67. The van der Waals surface area contributed by atoms with Crippen LogP contribution in [0, 0.1) is 0 Å². The highest BCUT2D eigenvalue weighted by atomic mass is 31.2. The molecule has 7 rings (SSSR count). The molecule has 3 aliphatic heterocycles. The highest BCUT2D eigenvalue weighted by molar-refractivity contribution is 7.51. The predicted octanol–water partition coefficient (Wildman–Crippen LogP) is 2.72. The Morgan fingerprint density at radius 1 is 0.960 bits per heavy atom. The molecule has 2 aromatic carbocycles. The molecule has 0 saturated carbocycles. The molecule has 16 heteroatoms. The van der Waals surface area contributed by atoms with E-state index in [4.69, 9.17) is 9.26 Å². The van der Waals surface area contributed by atoms with Crippen molar-refractivity contribution in [3.8, 4) is 0 Å². The Bertz CT molecular complexity index is 1870. The molecule has 3 N–H and O–H groups in total. The van der Waals surface area contributed by atoms with Crippen molar-refractivity contribution in [1.82, 2.24) is 25.2 Å². The van der Waals surface area contributed by atoms with E-state index in [9.17, 15) is 37.9 Å². The molecule has 1 unspecified atom stereocenters. The van der Waals surface area contributed by atoms with E-state index in [1.165, 1.54) is 35.2 Å². The summed E-state index contributed by atoms with van der Waals surface area (Å²) in [5, 5.41) is 7.88. The lowest BCUT2D eigenvalue weighted by atomic mass is 9.96. The Morgan fingerprint density at radius 3 is 2.50 bits per heavy atom. The Balaban J connectivity index is 1.19. The Labute approximate surface area is 287 Å². The summed E-state index contributed by atoms with van der Waals surface area (Å²) in [6.45, 7) is 1.77. The number of aromatic nitrogens is 1. The monoisotopic (exact) mass is 711 g/mol. The van der Waals surface area contributed by atoms with Crippen molar-refractivity contribution in [1.29, 1.82) is 0 Å². The van der Waals surface area contributed by atoms with Gasteiger partial charge in [-0.15, -0.1) is 0 Å². The van der Waals surface area contributed by atoms with Gasteiger partial charge in [0.2, 0.25) is 17.7 Å². The number of rotatable bonds is 6. The molecule has 3 fully saturated rings. The minimum Gasteiger partial charge on any atom is -0.378 e. The second-order valence-corrected chi connectivity index (χ2v) is 15.0. The number of amides is 4. The van der Waals surface area contributed by atoms with Crippen LogP contribution in [0.3, 0.4) is 0 Å². The topological polar surface area (TPSA) is 183 Å². The fourth-order valence-corrected chi connectivity index (χ4v) is 8.15. The van der Waals surface area contributed by atoms with Crippen LogP contribution in [-0.4, -0.2) is 111 Å². The maximum Gasteiger partial charge on any atom is 0.363 e. The van der Waals surface area contributed by atoms with E-state index in [0.29, 0.717) is 74.9 Å². The Hall–Kier alpha value is -4.17. The van der Waals surface area contributed by atoms with Crippen LogP contribution in [0.15, 0.2) is 40.9 Å². The summed E-state index contributed by atoms with van der Waals surface area (Å²) < 4.78 is 37.0. The first-order valence-electron chi connectivity index (χ1n) is 17.0. The molecule has 1 aromatic heterocycles. The smallest absolute Gasteiger partial charge is 0.363 e. The van der Waals surface area contributed by atoms with Crippen LogP contribution in [-0.2, 0) is 31.7 Å². The molecule has 4 atom stereocenters. The minimum atomic E-state index is -5.06. The molecular weight excluding hydrogens is 672 g/mol. The molecule has 3 saturated heterocycles. The summed E-state index contributed by atoms with van der Waals surface area (Å²) in [5.41, 5.74) is 0.865. The third-order valence-electron chi connectivity index (χ3n) is 10.2. The van der Waals surface area contributed by atoms with Gasteiger partial charge in [-0.2, -0.15) is 0 Å². The zero-order valence-corrected chi connectivity index (χ0v) is 28.2. The number of nitrogens with one attached hydrogen (secondary N) is 1. The first-order valence-corrected chi connectivity index (χ1v) is 18.7. The molecule has 50 heavy (non-hydrogen) atoms. The van der Waals surface area contributed by atoms with Gasteiger partial charge in [0, 0.05) is 43.2 Å². The van der Waals surface area contributed by atoms with E-state index in [-0.39, 0.29) is 47.8 Å². The Morgan fingerprint density at radius 2 is 1.72 bits per heavy atom. The molecular formula is C34H39FN5O9P. The molecule has 0 spiro atoms. The number of morpholine rings is 1. The van der Waals surface area contributed by atoms with Gasteiger partial charge >= 0.3 is 7.60 Å². The molecule has 4 amide bonds. The average molecular weight is 712 g/mol. The maximum absolute atomic E-state index is 14.5. The van der Waals surface area contributed by atoms with Gasteiger partial charge in [-0.25, -0.2) is 4.39 Å². The van der Waals surface area contributed by atoms with Crippen LogP contribution in [0.4, 0.5) is 4.39 Å². The molecule has 0 radical (unpaired) electrons. The van der Waals surface area contributed by atoms with Crippen molar-refractivity contribution in [2.75, 3.05) is 39.4 Å². The molecule has 4 aliphatic rings. The van der Waals surface area contributed by atoms with Crippen molar-refractivity contribution < 1.29 is 47.2 Å². The first-order chi connectivity index (χ1) is 24.0. The van der Waals surface area contributed by atoms with E-state index < -0.39 is 37.4 Å². The van der Waals surface area contributed by atoms with Crippen LogP contribution in [0.5, 0.6) is 0 Å². The van der Waals surface area contributed by atoms with Gasteiger partial charge in [-0.3, -0.25) is 23.7 Å². The zero-order valence-electron chi connectivity index (χ0n) is 27.3. The normalized spacial score (nSPS) is 23.5. The standard InChI is InChI=1S/C34H39FN5O9P/c35-30(50(45,46)47)21-7-5-20-6-8-22(18-23(20)17-21)31(41)36-26-19-39(34(44)29-25-3-1-2-4-28(25)49-37-29)12-11-24-9-10-27(40(24)32(26)42)33(43)38-13-15-48-16-14-38/h5-8,17-18,24,26-27,30H,1-4,9-16,19H2,(H,36,41)(H2,45,46,47)/t24-,26+,27+,30?/m1/s1. The summed E-state index contributed by atoms with van der Waals surface area (Å²) in [6, 6.07) is 6.36. The summed E-state index contributed by atoms with van der Waals surface area (Å²) in [5.74, 6) is -3.52. The second kappa shape index (κ2) is 13.9. The second-order valence-electron chi connectivity index (χ2n) is 13.4. The van der Waals surface area contributed by atoms with E-state index in [1.54, 1.807) is 15.9 Å². The highest BCUT2D eigenvalue weighted by Gasteiger charge is 2.47. The minimum absolute atomic E-state index is 0.110. The third-order valence-corrected chi connectivity index (χ3v) is 11.1. The molecule has 266 valence electrons. The van der Waals surface area contributed by atoms with Gasteiger partial charge in [0.05, 0.1) is 19.8 Å². The number of hydrogen-bond donors (Lipinski definition) is 3. The van der Waals surface area contributed by atoms with Crippen molar-refractivity contribution >= 4 is 42.0 Å². The summed E-state index contributed by atoms with van der Waals surface area (Å²) in [4.78, 5) is 79.5. The lowest BCUT2D eigenvalue weighted by molar-refractivity contribution is -0.149. The highest BCUT2D eigenvalue weighted by Crippen LogP contribution is 2.53. The van der Waals surface area contributed by atoms with E-state index in [2.05, 4.69) is 10.5 Å². The molecule has 3 aromatic rings. The first kappa shape index (κ1) is 34.3. The lowest BCUT2D eigenvalue weighted by Crippen LogP contribution is -2.61. The molecule has 0 bridgehead atoms. The number of ether oxygens (including phenoxy) is 1. The lowest BCUT2D eigenvalue weighted by Gasteiger charge is -2.40. The number of benzene rings is 2. The van der Waals surface area contributed by atoms with Gasteiger partial charge in [-0.1, -0.05) is 23.4 Å². The number of carbonyl (C=O) groups is 4. The summed E-state index contributed by atoms with van der Waals surface area (Å²) >= 11 is 0. The average Bonchev–Trinajstić information content (AvgIpc) is 3.75. The van der Waals surface area contributed by atoms with E-state index >= 15 is 0 Å².